The molecular formula is H2N12OPt. The third kappa shape index (κ3) is 10.1. The van der Waals surface area contributed by atoms with E-state index in [9.17, 15) is 3.40 Å². The number of nitrogens with two attached hydrogens (primary N) is 1. The fourth-order valence-corrected chi connectivity index (χ4v) is 0.346. The van der Waals surface area contributed by atoms with E-state index in [1.165, 1.54) is 0 Å². The molecule has 0 rings (SSSR count). The zero-order valence-corrected chi connectivity index (χ0v) is 8.49. The van der Waals surface area contributed by atoms with Gasteiger partial charge in [-0.3, -0.25) is 0 Å². The molecule has 0 heterocycles. The van der Waals surface area contributed by atoms with Gasteiger partial charge in [0.2, 0.25) is 0 Å². The van der Waals surface area contributed by atoms with Crippen LogP contribution in [0.2, 0.25) is 0 Å². The predicted molar refractivity (Wildman–Crippen MR) is 31.6 cm³/mol. The van der Waals surface area contributed by atoms with Crippen LogP contribution in [0.5, 0.6) is 0 Å². The molecule has 0 aromatic rings. The van der Waals surface area contributed by atoms with E-state index in [4.69, 9.17) is 0 Å². The molecule has 0 aliphatic carbocycles. The summed E-state index contributed by atoms with van der Waals surface area (Å²) >= 11 is -1.55. The fourth-order valence-electron chi connectivity index (χ4n) is 0.173. The summed E-state index contributed by atoms with van der Waals surface area (Å²) in [6.07, 6.45) is 0. The quantitative estimate of drug-likeness (QED) is 0.429. The Labute approximate surface area is 83.9 Å². The van der Waals surface area contributed by atoms with Crippen LogP contribution in [0.3, 0.4) is 0 Å². The van der Waals surface area contributed by atoms with Crippen molar-refractivity contribution < 1.29 is 21.7 Å². The topological polar surface area (TPSA) is 179 Å². The van der Waals surface area contributed by atoms with Crippen LogP contribution in [0, 0.1) is 0 Å². The van der Waals surface area contributed by atoms with Crippen LogP contribution >= 0.6 is 0 Å². The van der Waals surface area contributed by atoms with Crippen LogP contribution in [0.1, 0.15) is 0 Å². The first-order valence-corrected chi connectivity index (χ1v) is 4.47. The third-order valence-corrected chi connectivity index (χ3v) is 0.815. The van der Waals surface area contributed by atoms with Crippen molar-refractivity contribution in [3.05, 3.63) is 0 Å². The Bertz CT molecular complexity index is 313. The van der Waals surface area contributed by atoms with E-state index in [1.54, 1.807) is 0 Å². The summed E-state index contributed by atoms with van der Waals surface area (Å²) in [7, 11) is 0. The second-order valence-electron chi connectivity index (χ2n) is 1.04. The maximum atomic E-state index is 9.78. The molecule has 0 fully saturated rings. The van der Waals surface area contributed by atoms with E-state index in [0.717, 1.165) is 0 Å². The fraction of sp³-hybridized carbons (Fsp3) is 0. The molecule has 0 saturated heterocycles. The van der Waals surface area contributed by atoms with E-state index in [-0.39, 0.29) is 0 Å². The van der Waals surface area contributed by atoms with E-state index in [0.29, 0.717) is 0 Å². The van der Waals surface area contributed by atoms with Gasteiger partial charge in [0.1, 0.15) is 0 Å². The van der Waals surface area contributed by atoms with Gasteiger partial charge in [-0.2, -0.15) is 0 Å². The van der Waals surface area contributed by atoms with Gasteiger partial charge >= 0.3 is 83.4 Å². The molecule has 0 amide bonds. The van der Waals surface area contributed by atoms with Gasteiger partial charge in [0.05, 0.1) is 0 Å². The van der Waals surface area contributed by atoms with Crippen molar-refractivity contribution in [1.82, 2.24) is 0 Å². The molecule has 13 nitrogen and oxygen atoms in total. The van der Waals surface area contributed by atoms with E-state index in [2.05, 4.69) is 61.7 Å². The molecule has 0 saturated carbocycles. The molecule has 0 aliphatic heterocycles. The van der Waals surface area contributed by atoms with Gasteiger partial charge in [0.25, 0.3) is 0 Å². The molecule has 2 N–H and O–H groups in total. The Morgan fingerprint density at radius 3 is 1.57 bits per heavy atom. The van der Waals surface area contributed by atoms with Gasteiger partial charge in [-0.1, -0.05) is 0 Å². The Morgan fingerprint density at radius 2 is 1.14 bits per heavy atom. The first-order chi connectivity index (χ1) is 6.91. The molecule has 0 unspecified atom stereocenters. The molecule has 0 aliphatic rings. The van der Waals surface area contributed by atoms with Crippen LogP contribution in [0.25, 0.3) is 0 Å². The SMILES string of the molecule is N/N=N/N=N/N=N/N=N/N=N/[N]=[Pt]=[O]. The summed E-state index contributed by atoms with van der Waals surface area (Å²) in [4.78, 5) is 0. The zero-order valence-electron chi connectivity index (χ0n) is 6.22. The number of rotatable bonds is 5. The Balaban J connectivity index is 3.75. The zero-order chi connectivity index (χ0) is 10.5. The molecular weight excluding hydrogens is 379 g/mol. The van der Waals surface area contributed by atoms with Gasteiger partial charge in [0, 0.05) is 0 Å². The molecule has 0 aromatic heterocycles. The number of nitrogens with zero attached hydrogens (tertiary/aromatic N) is 11. The van der Waals surface area contributed by atoms with Crippen molar-refractivity contribution in [2.75, 3.05) is 0 Å². The van der Waals surface area contributed by atoms with Gasteiger partial charge in [-0.15, -0.1) is 0 Å². The predicted octanol–water partition coefficient (Wildman–Crippen LogP) is 1.31. The van der Waals surface area contributed by atoms with Gasteiger partial charge < -0.3 is 0 Å². The van der Waals surface area contributed by atoms with Crippen LogP contribution in [0.4, 0.5) is 0 Å². The molecule has 0 spiro atoms. The van der Waals surface area contributed by atoms with Crippen LogP contribution in [-0.4, -0.2) is 0 Å². The van der Waals surface area contributed by atoms with Crippen molar-refractivity contribution in [2.24, 2.45) is 61.7 Å². The van der Waals surface area contributed by atoms with Gasteiger partial charge in [0.15, 0.2) is 0 Å². The second-order valence-corrected chi connectivity index (χ2v) is 1.91. The van der Waals surface area contributed by atoms with Crippen LogP contribution < -0.4 is 5.84 Å². The summed E-state index contributed by atoms with van der Waals surface area (Å²) in [5.74, 6) is 4.57. The van der Waals surface area contributed by atoms with Crippen molar-refractivity contribution >= 4 is 0 Å². The molecule has 78 valence electrons. The Morgan fingerprint density at radius 1 is 0.714 bits per heavy atom. The van der Waals surface area contributed by atoms with E-state index >= 15 is 0 Å². The molecule has 0 aromatic carbocycles. The van der Waals surface area contributed by atoms with Gasteiger partial charge in [-0.25, -0.2) is 0 Å². The van der Waals surface area contributed by atoms with E-state index < -0.39 is 18.3 Å². The summed E-state index contributed by atoms with van der Waals surface area (Å²) in [5, 5.41) is 29.2. The van der Waals surface area contributed by atoms with Gasteiger partial charge in [-0.05, 0) is 0 Å². The summed E-state index contributed by atoms with van der Waals surface area (Å²) in [6, 6.07) is 0. The number of hydrogen-bond donors (Lipinski definition) is 1. The molecule has 0 bridgehead atoms. The molecule has 14 heavy (non-hydrogen) atoms. The molecule has 14 heteroatoms. The molecule has 0 radical (unpaired) electrons. The first kappa shape index (κ1) is 12.1. The Hall–Kier alpha value is -1.91. The normalized spacial score (nSPS) is 13.4. The monoisotopic (exact) mass is 381 g/mol. The summed E-state index contributed by atoms with van der Waals surface area (Å²) < 4.78 is 12.8. The van der Waals surface area contributed by atoms with Crippen molar-refractivity contribution in [2.45, 2.75) is 0 Å². The first-order valence-electron chi connectivity index (χ1n) is 2.53. The summed E-state index contributed by atoms with van der Waals surface area (Å²) in [6.45, 7) is 0. The van der Waals surface area contributed by atoms with E-state index in [1.807, 2.05) is 0 Å². The third-order valence-electron chi connectivity index (χ3n) is 0.426. The minimum atomic E-state index is -1.55. The Kier molecular flexibility index (Phi) is 9.57. The number of hydrogen-bond acceptors (Lipinski definition) is 3. The van der Waals surface area contributed by atoms with Crippen molar-refractivity contribution in [3.63, 3.8) is 0 Å². The van der Waals surface area contributed by atoms with Crippen molar-refractivity contribution in [1.29, 1.82) is 0 Å². The average Bonchev–Trinajstić information content (AvgIpc) is 2.21. The average molecular weight is 381 g/mol. The van der Waals surface area contributed by atoms with Crippen LogP contribution in [-0.2, 0) is 21.7 Å². The second kappa shape index (κ2) is 11.1. The summed E-state index contributed by atoms with van der Waals surface area (Å²) in [5.41, 5.74) is 0. The van der Waals surface area contributed by atoms with Crippen LogP contribution in [0.15, 0.2) is 55.8 Å². The standard InChI is InChI=1S/H2N12.O.Pt/c1-3-5-7-9-11-12-10-8-6-4-2;;/h(H2,1,4,5,8,9,12);;. The minimum absolute atomic E-state index is 1.55. The maximum absolute atomic E-state index is 9.78. The molecule has 0 atom stereocenters. The van der Waals surface area contributed by atoms with Crippen molar-refractivity contribution in [3.8, 4) is 0 Å².